The minimum Gasteiger partial charge on any atom is -0.496 e. The SMILES string of the molecule is COc1ccc(Cl)cc1C(=O)Nc1ccc(N)c(F)c1. The molecule has 0 unspecified atom stereocenters. The van der Waals surface area contributed by atoms with E-state index >= 15 is 0 Å². The van der Waals surface area contributed by atoms with Gasteiger partial charge in [0, 0.05) is 10.7 Å². The lowest BCUT2D eigenvalue weighted by molar-refractivity contribution is 0.102. The zero-order valence-corrected chi connectivity index (χ0v) is 11.4. The second kappa shape index (κ2) is 5.79. The first-order chi connectivity index (χ1) is 9.51. The van der Waals surface area contributed by atoms with E-state index < -0.39 is 11.7 Å². The van der Waals surface area contributed by atoms with Crippen molar-refractivity contribution in [3.63, 3.8) is 0 Å². The number of hydrogen-bond donors (Lipinski definition) is 2. The highest BCUT2D eigenvalue weighted by atomic mass is 35.5. The van der Waals surface area contributed by atoms with Gasteiger partial charge < -0.3 is 15.8 Å². The van der Waals surface area contributed by atoms with Crippen molar-refractivity contribution >= 4 is 28.9 Å². The van der Waals surface area contributed by atoms with Gasteiger partial charge in [0.15, 0.2) is 0 Å². The van der Waals surface area contributed by atoms with Crippen LogP contribution in [0.25, 0.3) is 0 Å². The molecule has 2 aromatic rings. The van der Waals surface area contributed by atoms with Crippen molar-refractivity contribution in [2.24, 2.45) is 0 Å². The predicted molar refractivity (Wildman–Crippen MR) is 76.8 cm³/mol. The van der Waals surface area contributed by atoms with Crippen LogP contribution >= 0.6 is 11.6 Å². The smallest absolute Gasteiger partial charge is 0.259 e. The van der Waals surface area contributed by atoms with Crippen LogP contribution in [0.4, 0.5) is 15.8 Å². The predicted octanol–water partition coefficient (Wildman–Crippen LogP) is 3.32. The molecule has 0 atom stereocenters. The molecule has 0 aliphatic rings. The van der Waals surface area contributed by atoms with E-state index in [1.165, 1.54) is 25.3 Å². The zero-order chi connectivity index (χ0) is 14.7. The summed E-state index contributed by atoms with van der Waals surface area (Å²) >= 11 is 5.85. The molecule has 0 fully saturated rings. The van der Waals surface area contributed by atoms with E-state index in [0.29, 0.717) is 16.5 Å². The molecule has 0 aromatic heterocycles. The molecule has 0 heterocycles. The van der Waals surface area contributed by atoms with E-state index in [0.717, 1.165) is 6.07 Å². The van der Waals surface area contributed by atoms with Crippen molar-refractivity contribution in [2.75, 3.05) is 18.2 Å². The van der Waals surface area contributed by atoms with Gasteiger partial charge in [-0.05, 0) is 36.4 Å². The zero-order valence-electron chi connectivity index (χ0n) is 10.6. The number of anilines is 2. The van der Waals surface area contributed by atoms with Gasteiger partial charge in [0.05, 0.1) is 18.4 Å². The Labute approximate surface area is 120 Å². The third-order valence-electron chi connectivity index (χ3n) is 2.66. The maximum Gasteiger partial charge on any atom is 0.259 e. The molecule has 2 aromatic carbocycles. The molecule has 4 nitrogen and oxygen atoms in total. The second-order valence-corrected chi connectivity index (χ2v) is 4.47. The van der Waals surface area contributed by atoms with E-state index in [-0.39, 0.29) is 11.3 Å². The van der Waals surface area contributed by atoms with Crippen LogP contribution in [0.3, 0.4) is 0 Å². The van der Waals surface area contributed by atoms with Crippen LogP contribution in [-0.4, -0.2) is 13.0 Å². The fraction of sp³-hybridized carbons (Fsp3) is 0.0714. The van der Waals surface area contributed by atoms with Gasteiger partial charge in [-0.2, -0.15) is 0 Å². The average Bonchev–Trinajstić information content (AvgIpc) is 2.43. The summed E-state index contributed by atoms with van der Waals surface area (Å²) in [6.45, 7) is 0. The Bertz CT molecular complexity index is 662. The molecule has 1 amide bonds. The van der Waals surface area contributed by atoms with E-state index in [9.17, 15) is 9.18 Å². The molecule has 0 aliphatic heterocycles. The molecule has 0 saturated carbocycles. The van der Waals surface area contributed by atoms with Crippen LogP contribution in [0.5, 0.6) is 5.75 Å². The minimum atomic E-state index is -0.596. The van der Waals surface area contributed by atoms with Crippen LogP contribution in [0.1, 0.15) is 10.4 Å². The number of amides is 1. The van der Waals surface area contributed by atoms with Gasteiger partial charge in [-0.1, -0.05) is 11.6 Å². The highest BCUT2D eigenvalue weighted by molar-refractivity contribution is 6.31. The van der Waals surface area contributed by atoms with Crippen molar-refractivity contribution in [3.05, 3.63) is 52.8 Å². The average molecular weight is 295 g/mol. The first-order valence-corrected chi connectivity index (χ1v) is 6.09. The quantitative estimate of drug-likeness (QED) is 0.854. The summed E-state index contributed by atoms with van der Waals surface area (Å²) in [5, 5.41) is 2.96. The molecular weight excluding hydrogens is 283 g/mol. The number of rotatable bonds is 3. The summed E-state index contributed by atoms with van der Waals surface area (Å²) < 4.78 is 18.4. The Morgan fingerprint density at radius 2 is 2.05 bits per heavy atom. The van der Waals surface area contributed by atoms with Gasteiger partial charge in [0.1, 0.15) is 11.6 Å². The van der Waals surface area contributed by atoms with Crippen LogP contribution in [0.2, 0.25) is 5.02 Å². The first kappa shape index (κ1) is 14.1. The maximum absolute atomic E-state index is 13.3. The molecule has 0 saturated heterocycles. The highest BCUT2D eigenvalue weighted by Crippen LogP contribution is 2.24. The lowest BCUT2D eigenvalue weighted by Gasteiger charge is -2.10. The van der Waals surface area contributed by atoms with E-state index in [1.54, 1.807) is 12.1 Å². The maximum atomic E-state index is 13.3. The van der Waals surface area contributed by atoms with Gasteiger partial charge >= 0.3 is 0 Å². The summed E-state index contributed by atoms with van der Waals surface area (Å²) in [4.78, 5) is 12.1. The molecule has 2 rings (SSSR count). The molecule has 0 aliphatic carbocycles. The Morgan fingerprint density at radius 3 is 2.70 bits per heavy atom. The number of hydrogen-bond acceptors (Lipinski definition) is 3. The number of halogens is 2. The standard InChI is InChI=1S/C14H12ClFN2O2/c1-20-13-5-2-8(15)6-10(13)14(19)18-9-3-4-12(17)11(16)7-9/h2-7H,17H2,1H3,(H,18,19). The number of nitrogen functional groups attached to an aromatic ring is 1. The number of ether oxygens (including phenoxy) is 1. The minimum absolute atomic E-state index is 0.0170. The van der Waals surface area contributed by atoms with Crippen LogP contribution < -0.4 is 15.8 Å². The molecule has 3 N–H and O–H groups in total. The van der Waals surface area contributed by atoms with Crippen LogP contribution in [0, 0.1) is 5.82 Å². The molecular formula is C14H12ClFN2O2. The molecule has 104 valence electrons. The Morgan fingerprint density at radius 1 is 1.30 bits per heavy atom. The second-order valence-electron chi connectivity index (χ2n) is 4.04. The molecule has 6 heteroatoms. The fourth-order valence-corrected chi connectivity index (χ4v) is 1.83. The van der Waals surface area contributed by atoms with E-state index in [4.69, 9.17) is 22.1 Å². The van der Waals surface area contributed by atoms with Crippen molar-refractivity contribution in [3.8, 4) is 5.75 Å². The largest absolute Gasteiger partial charge is 0.496 e. The lowest BCUT2D eigenvalue weighted by Crippen LogP contribution is -2.13. The first-order valence-electron chi connectivity index (χ1n) is 5.71. The van der Waals surface area contributed by atoms with Crippen LogP contribution in [0.15, 0.2) is 36.4 Å². The van der Waals surface area contributed by atoms with E-state index in [2.05, 4.69) is 5.32 Å². The van der Waals surface area contributed by atoms with Gasteiger partial charge in [0.2, 0.25) is 0 Å². The van der Waals surface area contributed by atoms with Crippen molar-refractivity contribution in [1.29, 1.82) is 0 Å². The third kappa shape index (κ3) is 3.00. The van der Waals surface area contributed by atoms with Crippen molar-refractivity contribution in [1.82, 2.24) is 0 Å². The lowest BCUT2D eigenvalue weighted by atomic mass is 10.1. The number of nitrogens with two attached hydrogens (primary N) is 1. The molecule has 20 heavy (non-hydrogen) atoms. The normalized spacial score (nSPS) is 10.2. The van der Waals surface area contributed by atoms with Crippen molar-refractivity contribution < 1.29 is 13.9 Å². The fourth-order valence-electron chi connectivity index (χ4n) is 1.66. The Hall–Kier alpha value is -2.27. The summed E-state index contributed by atoms with van der Waals surface area (Å²) in [5.74, 6) is -0.669. The molecule has 0 radical (unpaired) electrons. The van der Waals surface area contributed by atoms with E-state index in [1.807, 2.05) is 0 Å². The molecule has 0 spiro atoms. The Balaban J connectivity index is 2.27. The number of nitrogens with one attached hydrogen (secondary N) is 1. The number of carbonyl (C=O) groups excluding carboxylic acids is 1. The van der Waals surface area contributed by atoms with Gasteiger partial charge in [-0.15, -0.1) is 0 Å². The monoisotopic (exact) mass is 294 g/mol. The topological polar surface area (TPSA) is 64.3 Å². The third-order valence-corrected chi connectivity index (χ3v) is 2.90. The van der Waals surface area contributed by atoms with Crippen LogP contribution in [-0.2, 0) is 0 Å². The number of carbonyl (C=O) groups is 1. The van der Waals surface area contributed by atoms with Gasteiger partial charge in [-0.3, -0.25) is 4.79 Å². The van der Waals surface area contributed by atoms with Crippen molar-refractivity contribution in [2.45, 2.75) is 0 Å². The Kier molecular flexibility index (Phi) is 4.10. The number of benzene rings is 2. The molecule has 0 bridgehead atoms. The van der Waals surface area contributed by atoms with Gasteiger partial charge in [0.25, 0.3) is 5.91 Å². The highest BCUT2D eigenvalue weighted by Gasteiger charge is 2.13. The number of methoxy groups -OCH3 is 1. The van der Waals surface area contributed by atoms with Gasteiger partial charge in [-0.25, -0.2) is 4.39 Å². The summed E-state index contributed by atoms with van der Waals surface area (Å²) in [7, 11) is 1.45. The summed E-state index contributed by atoms with van der Waals surface area (Å²) in [6.07, 6.45) is 0. The summed E-state index contributed by atoms with van der Waals surface area (Å²) in [5.41, 5.74) is 5.94. The summed E-state index contributed by atoms with van der Waals surface area (Å²) in [6, 6.07) is 8.70.